The highest BCUT2D eigenvalue weighted by Gasteiger charge is 2.14. The Morgan fingerprint density at radius 1 is 1.19 bits per heavy atom. The summed E-state index contributed by atoms with van der Waals surface area (Å²) in [5.41, 5.74) is 0.799. The van der Waals surface area contributed by atoms with Crippen molar-refractivity contribution in [1.82, 2.24) is 0 Å². The van der Waals surface area contributed by atoms with Crippen LogP contribution < -0.4 is 10.1 Å². The third-order valence-corrected chi connectivity index (χ3v) is 4.51. The van der Waals surface area contributed by atoms with Crippen molar-refractivity contribution in [1.29, 1.82) is 5.26 Å². The molecule has 0 fully saturated rings. The number of carbonyl (C=O) groups excluding carboxylic acids is 1. The number of nitriles is 1. The van der Waals surface area contributed by atoms with E-state index >= 15 is 0 Å². The average Bonchev–Trinajstić information content (AvgIpc) is 3.22. The van der Waals surface area contributed by atoms with E-state index in [-0.39, 0.29) is 21.9 Å². The zero-order valence-electron chi connectivity index (χ0n) is 16.4. The molecule has 3 aromatic rings. The monoisotopic (exact) mass is 436 g/mol. The fourth-order valence-electron chi connectivity index (χ4n) is 2.72. The summed E-state index contributed by atoms with van der Waals surface area (Å²) in [7, 11) is 0. The summed E-state index contributed by atoms with van der Waals surface area (Å²) in [4.78, 5) is 23.7. The van der Waals surface area contributed by atoms with Crippen molar-refractivity contribution in [3.05, 3.63) is 76.5 Å². The van der Waals surface area contributed by atoms with E-state index in [9.17, 15) is 20.0 Å². The van der Waals surface area contributed by atoms with Crippen LogP contribution >= 0.6 is 11.6 Å². The van der Waals surface area contributed by atoms with Gasteiger partial charge in [-0.05, 0) is 61.5 Å². The second-order valence-electron chi connectivity index (χ2n) is 6.28. The smallest absolute Gasteiger partial charge is 0.337 e. The molecule has 0 saturated carbocycles. The molecular formula is C23H17ClN2O5. The number of anilines is 1. The molecule has 0 aliphatic rings. The minimum absolute atomic E-state index is 0.0555. The summed E-state index contributed by atoms with van der Waals surface area (Å²) in [6, 6.07) is 16.3. The number of hydrogen-bond acceptors (Lipinski definition) is 5. The zero-order chi connectivity index (χ0) is 22.4. The Labute approximate surface area is 183 Å². The molecule has 1 aromatic heterocycles. The Morgan fingerprint density at radius 3 is 2.58 bits per heavy atom. The van der Waals surface area contributed by atoms with Crippen molar-refractivity contribution in [3.8, 4) is 23.1 Å². The Bertz CT molecular complexity index is 1190. The number of ether oxygens (including phenoxy) is 1. The first-order chi connectivity index (χ1) is 14.9. The Kier molecular flexibility index (Phi) is 6.75. The molecule has 1 amide bonds. The van der Waals surface area contributed by atoms with Gasteiger partial charge in [-0.3, -0.25) is 4.79 Å². The molecule has 0 saturated heterocycles. The van der Waals surface area contributed by atoms with Crippen LogP contribution in [-0.2, 0) is 4.79 Å². The minimum atomic E-state index is -1.16. The summed E-state index contributed by atoms with van der Waals surface area (Å²) in [5, 5.41) is 21.3. The van der Waals surface area contributed by atoms with Gasteiger partial charge in [0.15, 0.2) is 0 Å². The summed E-state index contributed by atoms with van der Waals surface area (Å²) in [6.45, 7) is 2.41. The van der Waals surface area contributed by atoms with Crippen LogP contribution in [0.1, 0.15) is 23.0 Å². The SMILES string of the molecule is CCOc1ccc(NC(=O)/C(C#N)=C/c2ccc(-c3ccc(Cl)c(C(=O)O)c3)o2)cc1. The first kappa shape index (κ1) is 21.7. The number of benzene rings is 2. The summed E-state index contributed by atoms with van der Waals surface area (Å²) in [6.07, 6.45) is 1.31. The number of amides is 1. The second kappa shape index (κ2) is 9.65. The van der Waals surface area contributed by atoms with Crippen LogP contribution in [0, 0.1) is 11.3 Å². The van der Waals surface area contributed by atoms with Crippen LogP contribution in [0.25, 0.3) is 17.4 Å². The van der Waals surface area contributed by atoms with Gasteiger partial charge in [-0.1, -0.05) is 11.6 Å². The maximum absolute atomic E-state index is 12.4. The van der Waals surface area contributed by atoms with E-state index in [1.165, 1.54) is 18.2 Å². The van der Waals surface area contributed by atoms with Crippen LogP contribution in [-0.4, -0.2) is 23.6 Å². The number of carboxylic acid groups (broad SMARTS) is 1. The highest BCUT2D eigenvalue weighted by atomic mass is 35.5. The lowest BCUT2D eigenvalue weighted by Gasteiger charge is -2.06. The molecule has 0 bridgehead atoms. The molecule has 8 heteroatoms. The lowest BCUT2D eigenvalue weighted by atomic mass is 10.1. The molecular weight excluding hydrogens is 420 g/mol. The minimum Gasteiger partial charge on any atom is -0.494 e. The van der Waals surface area contributed by atoms with Crippen LogP contribution in [0.4, 0.5) is 5.69 Å². The van der Waals surface area contributed by atoms with Crippen LogP contribution in [0.3, 0.4) is 0 Å². The van der Waals surface area contributed by atoms with Gasteiger partial charge in [-0.2, -0.15) is 5.26 Å². The third kappa shape index (κ3) is 5.32. The van der Waals surface area contributed by atoms with E-state index in [1.807, 2.05) is 13.0 Å². The fourth-order valence-corrected chi connectivity index (χ4v) is 2.92. The third-order valence-electron chi connectivity index (χ3n) is 4.18. The maximum Gasteiger partial charge on any atom is 0.337 e. The Balaban J connectivity index is 1.78. The molecule has 2 N–H and O–H groups in total. The van der Waals surface area contributed by atoms with Crippen molar-refractivity contribution >= 4 is 35.2 Å². The van der Waals surface area contributed by atoms with Crippen molar-refractivity contribution in [2.24, 2.45) is 0 Å². The Morgan fingerprint density at radius 2 is 1.94 bits per heavy atom. The van der Waals surface area contributed by atoms with Gasteiger partial charge in [0, 0.05) is 17.3 Å². The van der Waals surface area contributed by atoms with Gasteiger partial charge in [-0.15, -0.1) is 0 Å². The molecule has 3 rings (SSSR count). The number of nitrogens with zero attached hydrogens (tertiary/aromatic N) is 1. The van der Waals surface area contributed by atoms with Crippen LogP contribution in [0.5, 0.6) is 5.75 Å². The molecule has 1 heterocycles. The van der Waals surface area contributed by atoms with E-state index in [1.54, 1.807) is 42.5 Å². The first-order valence-corrected chi connectivity index (χ1v) is 9.58. The van der Waals surface area contributed by atoms with Crippen LogP contribution in [0.15, 0.2) is 64.6 Å². The fraction of sp³-hybridized carbons (Fsp3) is 0.0870. The normalized spacial score (nSPS) is 10.9. The van der Waals surface area contributed by atoms with Crippen LogP contribution in [0.2, 0.25) is 5.02 Å². The summed E-state index contributed by atoms with van der Waals surface area (Å²) in [5.74, 6) is -0.441. The molecule has 0 radical (unpaired) electrons. The number of nitrogens with one attached hydrogen (secondary N) is 1. The Hall–Kier alpha value is -4.02. The van der Waals surface area contributed by atoms with Gasteiger partial charge in [0.1, 0.15) is 28.9 Å². The lowest BCUT2D eigenvalue weighted by Crippen LogP contribution is -2.13. The summed E-state index contributed by atoms with van der Waals surface area (Å²) < 4.78 is 11.0. The predicted molar refractivity (Wildman–Crippen MR) is 116 cm³/mol. The van der Waals surface area contributed by atoms with E-state index in [0.717, 1.165) is 0 Å². The van der Waals surface area contributed by atoms with Gasteiger partial charge < -0.3 is 19.6 Å². The second-order valence-corrected chi connectivity index (χ2v) is 6.69. The summed E-state index contributed by atoms with van der Waals surface area (Å²) >= 11 is 5.89. The molecule has 2 aromatic carbocycles. The van der Waals surface area contributed by atoms with Crippen molar-refractivity contribution < 1.29 is 23.8 Å². The predicted octanol–water partition coefficient (Wildman–Crippen LogP) is 5.24. The quantitative estimate of drug-likeness (QED) is 0.386. The molecule has 0 aliphatic heterocycles. The van der Waals surface area contributed by atoms with Gasteiger partial charge in [-0.25, -0.2) is 4.79 Å². The van der Waals surface area contributed by atoms with Crippen molar-refractivity contribution in [3.63, 3.8) is 0 Å². The number of aromatic carboxylic acids is 1. The lowest BCUT2D eigenvalue weighted by molar-refractivity contribution is -0.112. The number of carboxylic acids is 1. The van der Waals surface area contributed by atoms with E-state index in [2.05, 4.69) is 5.32 Å². The maximum atomic E-state index is 12.4. The molecule has 31 heavy (non-hydrogen) atoms. The van der Waals surface area contributed by atoms with Gasteiger partial charge >= 0.3 is 5.97 Å². The van der Waals surface area contributed by atoms with Gasteiger partial charge in [0.25, 0.3) is 5.91 Å². The number of carbonyl (C=O) groups is 2. The van der Waals surface area contributed by atoms with E-state index in [4.69, 9.17) is 20.8 Å². The zero-order valence-corrected chi connectivity index (χ0v) is 17.1. The number of hydrogen-bond donors (Lipinski definition) is 2. The number of furan rings is 1. The molecule has 0 spiro atoms. The molecule has 0 atom stereocenters. The number of halogens is 1. The van der Waals surface area contributed by atoms with E-state index in [0.29, 0.717) is 29.4 Å². The van der Waals surface area contributed by atoms with E-state index < -0.39 is 11.9 Å². The van der Waals surface area contributed by atoms with Gasteiger partial charge in [0.2, 0.25) is 0 Å². The van der Waals surface area contributed by atoms with Crippen molar-refractivity contribution in [2.45, 2.75) is 6.92 Å². The standard InChI is InChI=1S/C23H17ClN2O5/c1-2-30-17-6-4-16(5-7-17)26-22(27)15(13-25)11-18-8-10-21(31-18)14-3-9-20(24)19(12-14)23(28)29/h3-12H,2H2,1H3,(H,26,27)(H,28,29)/b15-11+. The molecule has 7 nitrogen and oxygen atoms in total. The average molecular weight is 437 g/mol. The highest BCUT2D eigenvalue weighted by molar-refractivity contribution is 6.33. The number of rotatable bonds is 7. The van der Waals surface area contributed by atoms with Gasteiger partial charge in [0.05, 0.1) is 17.2 Å². The van der Waals surface area contributed by atoms with Crippen molar-refractivity contribution in [2.75, 3.05) is 11.9 Å². The largest absolute Gasteiger partial charge is 0.494 e. The molecule has 156 valence electrons. The highest BCUT2D eigenvalue weighted by Crippen LogP contribution is 2.28. The topological polar surface area (TPSA) is 113 Å². The molecule has 0 unspecified atom stereocenters. The molecule has 0 aliphatic carbocycles. The first-order valence-electron chi connectivity index (χ1n) is 9.20.